The first-order valence-corrected chi connectivity index (χ1v) is 6.69. The minimum Gasteiger partial charge on any atom is -0.310 e. The molecule has 0 aliphatic carbocycles. The van der Waals surface area contributed by atoms with Gasteiger partial charge in [-0.1, -0.05) is 18.5 Å². The molecule has 0 aromatic heterocycles. The van der Waals surface area contributed by atoms with Gasteiger partial charge in [0, 0.05) is 30.2 Å². The minimum absolute atomic E-state index is 0.247. The van der Waals surface area contributed by atoms with Gasteiger partial charge in [0.2, 0.25) is 0 Å². The van der Waals surface area contributed by atoms with Crippen LogP contribution in [-0.4, -0.2) is 36.1 Å². The summed E-state index contributed by atoms with van der Waals surface area (Å²) in [5, 5.41) is 3.67. The van der Waals surface area contributed by atoms with Crippen LogP contribution in [0.4, 0.5) is 0 Å². The third-order valence-electron chi connectivity index (χ3n) is 3.71. The summed E-state index contributed by atoms with van der Waals surface area (Å²) >= 11 is 5.76. The second-order valence-electron chi connectivity index (χ2n) is 5.34. The third-order valence-corrected chi connectivity index (χ3v) is 4.08. The van der Waals surface area contributed by atoms with E-state index < -0.39 is 0 Å². The molecular weight excluding hydrogens is 220 g/mol. The Kier molecular flexibility index (Phi) is 5.29. The lowest BCUT2D eigenvalue weighted by atomic mass is 9.98. The fourth-order valence-corrected chi connectivity index (χ4v) is 2.30. The molecule has 1 saturated heterocycles. The lowest BCUT2D eigenvalue weighted by Crippen LogP contribution is -2.49. The molecular formula is C13H25ClN2. The molecule has 1 aliphatic rings. The van der Waals surface area contributed by atoms with Gasteiger partial charge in [-0.2, -0.15) is 0 Å². The van der Waals surface area contributed by atoms with E-state index in [2.05, 4.69) is 37.9 Å². The molecule has 0 saturated carbocycles. The number of halogens is 1. The van der Waals surface area contributed by atoms with Gasteiger partial charge in [-0.3, -0.25) is 4.90 Å². The van der Waals surface area contributed by atoms with Crippen LogP contribution in [-0.2, 0) is 0 Å². The quantitative estimate of drug-likeness (QED) is 0.821. The van der Waals surface area contributed by atoms with E-state index in [-0.39, 0.29) is 5.54 Å². The molecule has 2 atom stereocenters. The van der Waals surface area contributed by atoms with Crippen LogP contribution < -0.4 is 5.32 Å². The molecule has 2 nitrogen and oxygen atoms in total. The van der Waals surface area contributed by atoms with Gasteiger partial charge in [0.05, 0.1) is 0 Å². The largest absolute Gasteiger partial charge is 0.310 e. The second kappa shape index (κ2) is 6.04. The van der Waals surface area contributed by atoms with Crippen molar-refractivity contribution in [3.05, 3.63) is 11.1 Å². The topological polar surface area (TPSA) is 15.3 Å². The highest BCUT2D eigenvalue weighted by molar-refractivity contribution is 6.25. The predicted molar refractivity (Wildman–Crippen MR) is 72.0 cm³/mol. The monoisotopic (exact) mass is 244 g/mol. The maximum atomic E-state index is 5.76. The van der Waals surface area contributed by atoms with Crippen LogP contribution in [0.3, 0.4) is 0 Å². The predicted octanol–water partition coefficient (Wildman–Crippen LogP) is 2.98. The van der Waals surface area contributed by atoms with Crippen LogP contribution in [0.5, 0.6) is 0 Å². The van der Waals surface area contributed by atoms with Gasteiger partial charge >= 0.3 is 0 Å². The molecule has 0 aromatic carbocycles. The molecule has 94 valence electrons. The van der Waals surface area contributed by atoms with Crippen LogP contribution in [0.2, 0.25) is 0 Å². The van der Waals surface area contributed by atoms with E-state index in [1.54, 1.807) is 5.54 Å². The highest BCUT2D eigenvalue weighted by Gasteiger charge is 2.30. The first kappa shape index (κ1) is 14.0. The Hall–Kier alpha value is -0.0500. The van der Waals surface area contributed by atoms with Crippen LogP contribution in [0, 0.1) is 0 Å². The Labute approximate surface area is 105 Å². The van der Waals surface area contributed by atoms with E-state index in [0.717, 1.165) is 19.6 Å². The van der Waals surface area contributed by atoms with Gasteiger partial charge in [0.1, 0.15) is 0 Å². The van der Waals surface area contributed by atoms with Crippen molar-refractivity contribution in [2.45, 2.75) is 52.1 Å². The molecule has 1 N–H and O–H groups in total. The molecule has 2 unspecified atom stereocenters. The molecule has 0 spiro atoms. The third kappa shape index (κ3) is 3.76. The summed E-state index contributed by atoms with van der Waals surface area (Å²) in [7, 11) is 0. The van der Waals surface area contributed by atoms with E-state index >= 15 is 0 Å². The molecule has 1 rings (SSSR count). The standard InChI is InChI=1S/C13H25ClN2/c1-5-13(4)10-16(9-11(2)8-14)12(3)6-7-15-13/h8,12,15H,5-7,9-10H2,1-4H3. The first-order chi connectivity index (χ1) is 7.50. The smallest absolute Gasteiger partial charge is 0.0278 e. The van der Waals surface area contributed by atoms with Gasteiger partial charge in [-0.25, -0.2) is 0 Å². The van der Waals surface area contributed by atoms with Crippen molar-refractivity contribution in [3.63, 3.8) is 0 Å². The Morgan fingerprint density at radius 2 is 2.31 bits per heavy atom. The fraction of sp³-hybridized carbons (Fsp3) is 0.846. The normalized spacial score (nSPS) is 33.8. The van der Waals surface area contributed by atoms with E-state index in [0.29, 0.717) is 6.04 Å². The highest BCUT2D eigenvalue weighted by atomic mass is 35.5. The second-order valence-corrected chi connectivity index (χ2v) is 5.56. The Morgan fingerprint density at radius 3 is 2.88 bits per heavy atom. The zero-order valence-corrected chi connectivity index (χ0v) is 11.8. The van der Waals surface area contributed by atoms with E-state index in [1.807, 2.05) is 0 Å². The van der Waals surface area contributed by atoms with E-state index in [4.69, 9.17) is 11.6 Å². The zero-order chi connectivity index (χ0) is 12.2. The van der Waals surface area contributed by atoms with Crippen LogP contribution in [0.15, 0.2) is 11.1 Å². The molecule has 0 amide bonds. The van der Waals surface area contributed by atoms with Gasteiger partial charge in [-0.15, -0.1) is 0 Å². The summed E-state index contributed by atoms with van der Waals surface area (Å²) in [6.45, 7) is 12.2. The molecule has 16 heavy (non-hydrogen) atoms. The van der Waals surface area contributed by atoms with E-state index in [9.17, 15) is 0 Å². The molecule has 1 fully saturated rings. The summed E-state index contributed by atoms with van der Waals surface area (Å²) in [4.78, 5) is 2.54. The summed E-state index contributed by atoms with van der Waals surface area (Å²) in [6, 6.07) is 0.632. The SMILES string of the molecule is CCC1(C)CN(CC(C)=CCl)C(C)CCN1. The van der Waals surface area contributed by atoms with Gasteiger partial charge in [0.15, 0.2) is 0 Å². The van der Waals surface area contributed by atoms with Crippen LogP contribution in [0.25, 0.3) is 0 Å². The van der Waals surface area contributed by atoms with Gasteiger partial charge in [0.25, 0.3) is 0 Å². The lowest BCUT2D eigenvalue weighted by molar-refractivity contribution is 0.185. The Bertz CT molecular complexity index is 252. The summed E-state index contributed by atoms with van der Waals surface area (Å²) in [5.41, 5.74) is 3.19. The van der Waals surface area contributed by atoms with Crippen molar-refractivity contribution in [2.75, 3.05) is 19.6 Å². The summed E-state index contributed by atoms with van der Waals surface area (Å²) < 4.78 is 0. The average molecular weight is 245 g/mol. The van der Waals surface area contributed by atoms with Crippen molar-refractivity contribution in [3.8, 4) is 0 Å². The number of hydrogen-bond acceptors (Lipinski definition) is 2. The number of hydrogen-bond donors (Lipinski definition) is 1. The molecule has 0 radical (unpaired) electrons. The summed E-state index contributed by atoms with van der Waals surface area (Å²) in [5.74, 6) is 0. The van der Waals surface area contributed by atoms with Crippen molar-refractivity contribution < 1.29 is 0 Å². The molecule has 0 bridgehead atoms. The van der Waals surface area contributed by atoms with Gasteiger partial charge in [-0.05, 0) is 45.7 Å². The first-order valence-electron chi connectivity index (χ1n) is 6.25. The zero-order valence-electron chi connectivity index (χ0n) is 11.0. The van der Waals surface area contributed by atoms with Crippen LogP contribution in [0.1, 0.15) is 40.5 Å². The molecule has 3 heteroatoms. The maximum Gasteiger partial charge on any atom is 0.0278 e. The Balaban J connectivity index is 2.71. The average Bonchev–Trinajstić information content (AvgIpc) is 2.40. The van der Waals surface area contributed by atoms with Gasteiger partial charge < -0.3 is 5.32 Å². The number of nitrogens with zero attached hydrogens (tertiary/aromatic N) is 1. The summed E-state index contributed by atoms with van der Waals surface area (Å²) in [6.07, 6.45) is 2.38. The van der Waals surface area contributed by atoms with Crippen molar-refractivity contribution >= 4 is 11.6 Å². The fourth-order valence-electron chi connectivity index (χ4n) is 2.23. The molecule has 0 aromatic rings. The van der Waals surface area contributed by atoms with Crippen molar-refractivity contribution in [1.82, 2.24) is 10.2 Å². The minimum atomic E-state index is 0.247. The highest BCUT2D eigenvalue weighted by Crippen LogP contribution is 2.19. The van der Waals surface area contributed by atoms with Crippen LogP contribution >= 0.6 is 11.6 Å². The Morgan fingerprint density at radius 1 is 1.62 bits per heavy atom. The molecule has 1 heterocycles. The maximum absolute atomic E-state index is 5.76. The van der Waals surface area contributed by atoms with E-state index in [1.165, 1.54) is 18.4 Å². The van der Waals surface area contributed by atoms with Crippen molar-refractivity contribution in [2.24, 2.45) is 0 Å². The number of rotatable bonds is 3. The molecule has 1 aliphatic heterocycles. The number of nitrogens with one attached hydrogen (secondary N) is 1. The van der Waals surface area contributed by atoms with Crippen molar-refractivity contribution in [1.29, 1.82) is 0 Å². The lowest BCUT2D eigenvalue weighted by Gasteiger charge is -2.35.